The molecular weight excluding hydrogens is 444 g/mol. The van der Waals surface area contributed by atoms with Crippen molar-refractivity contribution >= 4 is 29.9 Å². The van der Waals surface area contributed by atoms with Gasteiger partial charge in [-0.2, -0.15) is 0 Å². The van der Waals surface area contributed by atoms with Gasteiger partial charge in [0.15, 0.2) is 0 Å². The largest absolute Gasteiger partial charge is 0.462 e. The Morgan fingerprint density at radius 2 is 1.79 bits per heavy atom. The fraction of sp³-hybridized carbons (Fsp3) is 0.652. The third kappa shape index (κ3) is 7.60. The molecule has 0 aliphatic carbocycles. The van der Waals surface area contributed by atoms with Gasteiger partial charge in [0, 0.05) is 50.4 Å². The minimum atomic E-state index is -0.826. The first-order chi connectivity index (χ1) is 15.4. The van der Waals surface area contributed by atoms with Crippen LogP contribution in [-0.2, 0) is 14.3 Å². The van der Waals surface area contributed by atoms with Crippen molar-refractivity contribution in [3.05, 3.63) is 23.9 Å². The summed E-state index contributed by atoms with van der Waals surface area (Å²) in [5.74, 6) is -0.716. The van der Waals surface area contributed by atoms with E-state index >= 15 is 0 Å². The van der Waals surface area contributed by atoms with Crippen molar-refractivity contribution in [2.75, 3.05) is 32.8 Å². The molecule has 1 aromatic rings. The molecule has 0 N–H and O–H groups in total. The van der Waals surface area contributed by atoms with Crippen LogP contribution in [0.5, 0.6) is 0 Å². The number of nitrogens with zero attached hydrogens (tertiary/aromatic N) is 4. The summed E-state index contributed by atoms with van der Waals surface area (Å²) >= 11 is 0.913. The molecule has 2 heterocycles. The first-order valence-electron chi connectivity index (χ1n) is 11.3. The number of pyridine rings is 1. The van der Waals surface area contributed by atoms with Crippen molar-refractivity contribution in [2.45, 2.75) is 71.2 Å². The van der Waals surface area contributed by atoms with Crippen LogP contribution in [0, 0.1) is 0 Å². The van der Waals surface area contributed by atoms with Gasteiger partial charge in [0.2, 0.25) is 5.91 Å². The van der Waals surface area contributed by atoms with Crippen LogP contribution in [0.15, 0.2) is 23.4 Å². The van der Waals surface area contributed by atoms with Crippen molar-refractivity contribution in [3.8, 4) is 0 Å². The summed E-state index contributed by atoms with van der Waals surface area (Å²) in [4.78, 5) is 47.2. The highest BCUT2D eigenvalue weighted by atomic mass is 32.2. The van der Waals surface area contributed by atoms with Gasteiger partial charge in [-0.25, -0.2) is 18.9 Å². The molecule has 0 aromatic carbocycles. The van der Waals surface area contributed by atoms with E-state index in [4.69, 9.17) is 9.47 Å². The summed E-state index contributed by atoms with van der Waals surface area (Å²) in [7, 11) is 0. The lowest BCUT2D eigenvalue weighted by molar-refractivity contribution is -0.136. The van der Waals surface area contributed by atoms with Crippen LogP contribution in [0.4, 0.5) is 4.79 Å². The summed E-state index contributed by atoms with van der Waals surface area (Å²) in [6, 6.07) is 2.79. The number of ether oxygens (including phenoxy) is 2. The predicted octanol–water partition coefficient (Wildman–Crippen LogP) is 3.44. The van der Waals surface area contributed by atoms with Gasteiger partial charge in [-0.1, -0.05) is 0 Å². The highest BCUT2D eigenvalue weighted by molar-refractivity contribution is 7.97. The maximum absolute atomic E-state index is 13.3. The smallest absolute Gasteiger partial charge is 0.421 e. The second kappa shape index (κ2) is 11.7. The van der Waals surface area contributed by atoms with Crippen LogP contribution in [0.2, 0.25) is 0 Å². The molecule has 1 aliphatic heterocycles. The fourth-order valence-corrected chi connectivity index (χ4v) is 4.23. The molecule has 2 rings (SSSR count). The maximum Gasteiger partial charge on any atom is 0.421 e. The summed E-state index contributed by atoms with van der Waals surface area (Å²) < 4.78 is 11.9. The summed E-state index contributed by atoms with van der Waals surface area (Å²) in [5, 5.41) is 0.270. The molecule has 1 saturated heterocycles. The third-order valence-corrected chi connectivity index (χ3v) is 6.25. The minimum absolute atomic E-state index is 0.176. The van der Waals surface area contributed by atoms with E-state index in [2.05, 4.69) is 23.7 Å². The number of esters is 1. The topological polar surface area (TPSA) is 92.3 Å². The van der Waals surface area contributed by atoms with Gasteiger partial charge in [-0.05, 0) is 60.6 Å². The minimum Gasteiger partial charge on any atom is -0.462 e. The number of carbonyl (C=O) groups excluding carboxylic acids is 3. The van der Waals surface area contributed by atoms with Crippen molar-refractivity contribution in [1.29, 1.82) is 0 Å². The van der Waals surface area contributed by atoms with Crippen LogP contribution < -0.4 is 0 Å². The molecule has 0 saturated carbocycles. The Hall–Kier alpha value is -2.33. The van der Waals surface area contributed by atoms with Gasteiger partial charge in [-0.15, -0.1) is 0 Å². The van der Waals surface area contributed by atoms with Crippen LogP contribution in [0.3, 0.4) is 0 Å². The molecule has 1 aromatic heterocycles. The van der Waals surface area contributed by atoms with E-state index in [0.29, 0.717) is 19.1 Å². The van der Waals surface area contributed by atoms with E-state index in [1.54, 1.807) is 51.7 Å². The number of hydrogen-bond acceptors (Lipinski definition) is 8. The zero-order chi connectivity index (χ0) is 24.8. The molecular formula is C23H36N4O5S. The number of hydrogen-bond donors (Lipinski definition) is 0. The highest BCUT2D eigenvalue weighted by Crippen LogP contribution is 2.29. The Morgan fingerprint density at radius 3 is 2.33 bits per heavy atom. The van der Waals surface area contributed by atoms with Crippen LogP contribution in [-0.4, -0.2) is 87.5 Å². The lowest BCUT2D eigenvalue weighted by Gasteiger charge is -2.39. The van der Waals surface area contributed by atoms with Gasteiger partial charge in [0.25, 0.3) is 0 Å². The quantitative estimate of drug-likeness (QED) is 0.433. The lowest BCUT2D eigenvalue weighted by Crippen LogP contribution is -2.55. The summed E-state index contributed by atoms with van der Waals surface area (Å²) in [6.45, 7) is 15.9. The van der Waals surface area contributed by atoms with E-state index < -0.39 is 23.7 Å². The van der Waals surface area contributed by atoms with Crippen LogP contribution in [0.1, 0.15) is 58.8 Å². The van der Waals surface area contributed by atoms with Gasteiger partial charge < -0.3 is 14.4 Å². The Labute approximate surface area is 200 Å². The molecule has 33 heavy (non-hydrogen) atoms. The Morgan fingerprint density at radius 1 is 1.15 bits per heavy atom. The molecule has 10 heteroatoms. The normalized spacial score (nSPS) is 15.8. The van der Waals surface area contributed by atoms with Crippen LogP contribution in [0.25, 0.3) is 0 Å². The van der Waals surface area contributed by atoms with E-state index in [9.17, 15) is 14.4 Å². The standard InChI is InChI=1S/C23H36N4O5S/c1-8-31-21(29)18-10-9-11-24-19(18)33-27(22(30)32-23(5,6)7)17(4)20(28)26-14-12-25(13-15-26)16(2)3/h9-11,16-17H,8,12-15H2,1-7H3/t17-/m1/s1. The number of carbonyl (C=O) groups is 3. The zero-order valence-electron chi connectivity index (χ0n) is 20.7. The molecule has 1 aliphatic rings. The molecule has 9 nitrogen and oxygen atoms in total. The SMILES string of the molecule is CCOC(=O)c1cccnc1SN(C(=O)OC(C)(C)C)[C@H](C)C(=O)N1CCN(C(C)C)CC1. The first kappa shape index (κ1) is 26.9. The van der Waals surface area contributed by atoms with Crippen molar-refractivity contribution in [2.24, 2.45) is 0 Å². The van der Waals surface area contributed by atoms with E-state index in [-0.39, 0.29) is 23.1 Å². The monoisotopic (exact) mass is 480 g/mol. The molecule has 184 valence electrons. The zero-order valence-corrected chi connectivity index (χ0v) is 21.5. The van der Waals surface area contributed by atoms with Crippen LogP contribution >= 0.6 is 11.9 Å². The van der Waals surface area contributed by atoms with Gasteiger partial charge >= 0.3 is 12.1 Å². The van der Waals surface area contributed by atoms with E-state index in [0.717, 1.165) is 25.0 Å². The average Bonchev–Trinajstić information content (AvgIpc) is 2.75. The molecule has 0 spiro atoms. The molecule has 1 atom stereocenters. The second-order valence-electron chi connectivity index (χ2n) is 9.10. The maximum atomic E-state index is 13.3. The van der Waals surface area contributed by atoms with E-state index in [1.807, 2.05) is 0 Å². The Kier molecular flexibility index (Phi) is 9.54. The van der Waals surface area contributed by atoms with Crippen molar-refractivity contribution in [1.82, 2.24) is 19.1 Å². The van der Waals surface area contributed by atoms with Crippen molar-refractivity contribution in [3.63, 3.8) is 0 Å². The Balaban J connectivity index is 2.27. The predicted molar refractivity (Wildman–Crippen MR) is 127 cm³/mol. The molecule has 0 bridgehead atoms. The summed E-state index contributed by atoms with van der Waals surface area (Å²) in [5.41, 5.74) is -0.529. The molecule has 0 unspecified atom stereocenters. The average molecular weight is 481 g/mol. The van der Waals surface area contributed by atoms with Gasteiger partial charge in [-0.3, -0.25) is 9.69 Å². The summed E-state index contributed by atoms with van der Waals surface area (Å²) in [6.07, 6.45) is 0.852. The fourth-order valence-electron chi connectivity index (χ4n) is 3.33. The number of piperazine rings is 1. The second-order valence-corrected chi connectivity index (χ2v) is 10.1. The highest BCUT2D eigenvalue weighted by Gasteiger charge is 2.36. The van der Waals surface area contributed by atoms with Gasteiger partial charge in [0.1, 0.15) is 16.7 Å². The Bertz CT molecular complexity index is 834. The molecule has 0 radical (unpaired) electrons. The first-order valence-corrected chi connectivity index (χ1v) is 12.1. The van der Waals surface area contributed by atoms with Crippen molar-refractivity contribution < 1.29 is 23.9 Å². The lowest BCUT2D eigenvalue weighted by atomic mass is 10.2. The van der Waals surface area contributed by atoms with E-state index in [1.165, 1.54) is 10.5 Å². The number of aromatic nitrogens is 1. The molecule has 1 fully saturated rings. The molecule has 2 amide bonds. The number of amides is 2. The third-order valence-electron chi connectivity index (χ3n) is 5.09. The number of rotatable bonds is 7. The van der Waals surface area contributed by atoms with Gasteiger partial charge in [0.05, 0.1) is 12.2 Å².